The van der Waals surface area contributed by atoms with Gasteiger partial charge in [0.15, 0.2) is 5.69 Å². The number of nitrogens with zero attached hydrogens (tertiary/aromatic N) is 4. The minimum Gasteiger partial charge on any atom is -0.352 e. The van der Waals surface area contributed by atoms with Crippen LogP contribution in [0.4, 0.5) is 5.69 Å². The van der Waals surface area contributed by atoms with E-state index in [4.69, 9.17) is 4.98 Å². The van der Waals surface area contributed by atoms with Crippen molar-refractivity contribution in [2.45, 2.75) is 45.1 Å². The Morgan fingerprint density at radius 1 is 1.20 bits per heavy atom. The predicted molar refractivity (Wildman–Crippen MR) is 145 cm³/mol. The quantitative estimate of drug-likeness (QED) is 0.281. The van der Waals surface area contributed by atoms with Crippen molar-refractivity contribution in [2.24, 2.45) is 0 Å². The summed E-state index contributed by atoms with van der Waals surface area (Å²) in [7, 11) is 8.83. The first-order chi connectivity index (χ1) is 16.6. The number of thioether (sulfide) groups is 1. The van der Waals surface area contributed by atoms with Crippen LogP contribution in [0.3, 0.4) is 0 Å². The molecule has 35 heavy (non-hydrogen) atoms. The molecule has 2 N–H and O–H groups in total. The topological polar surface area (TPSA) is 61.1 Å². The number of anilines is 1. The van der Waals surface area contributed by atoms with Crippen LogP contribution < -0.4 is 15.2 Å². The van der Waals surface area contributed by atoms with Gasteiger partial charge in [-0.15, -0.1) is 0 Å². The summed E-state index contributed by atoms with van der Waals surface area (Å²) in [5.41, 5.74) is 3.86. The summed E-state index contributed by atoms with van der Waals surface area (Å²) in [6.07, 6.45) is 4.20. The fourth-order valence-electron chi connectivity index (χ4n) is 4.29. The van der Waals surface area contributed by atoms with Crippen LogP contribution >= 0.6 is 11.8 Å². The average molecular weight is 499 g/mol. The van der Waals surface area contributed by atoms with E-state index in [0.29, 0.717) is 12.1 Å². The van der Waals surface area contributed by atoms with Gasteiger partial charge in [0.25, 0.3) is 11.7 Å². The maximum absolute atomic E-state index is 12.7. The van der Waals surface area contributed by atoms with E-state index in [-0.39, 0.29) is 5.91 Å². The number of aryl methyl sites for hydroxylation is 2. The van der Waals surface area contributed by atoms with Crippen molar-refractivity contribution in [3.05, 3.63) is 52.1 Å². The zero-order valence-electron chi connectivity index (χ0n) is 22.4. The lowest BCUT2D eigenvalue weighted by molar-refractivity contribution is -0.870. The molecule has 1 aromatic carbocycles. The number of amides is 1. The van der Waals surface area contributed by atoms with Crippen molar-refractivity contribution in [1.29, 1.82) is 0 Å². The van der Waals surface area contributed by atoms with E-state index in [2.05, 4.69) is 74.3 Å². The van der Waals surface area contributed by atoms with Gasteiger partial charge in [-0.3, -0.25) is 4.79 Å². The number of fused-ring (bicyclic) bond motifs is 1. The first-order valence-electron chi connectivity index (χ1n) is 12.5. The van der Waals surface area contributed by atoms with Gasteiger partial charge in [-0.2, -0.15) is 0 Å². The Bertz CT molecular complexity index is 1050. The van der Waals surface area contributed by atoms with Gasteiger partial charge in [0.05, 0.1) is 44.9 Å². The summed E-state index contributed by atoms with van der Waals surface area (Å²) >= 11 is 1.64. The average Bonchev–Trinajstić information content (AvgIpc) is 3.16. The summed E-state index contributed by atoms with van der Waals surface area (Å²) in [5.74, 6) is 0.993. The van der Waals surface area contributed by atoms with Crippen molar-refractivity contribution < 1.29 is 13.8 Å². The number of rotatable bonds is 11. The maximum Gasteiger partial charge on any atom is 0.296 e. The first-order valence-corrected chi connectivity index (χ1v) is 13.3. The molecule has 0 saturated carbocycles. The molecule has 0 saturated heterocycles. The number of nitrogens with one attached hydrogen (secondary N) is 2. The van der Waals surface area contributed by atoms with Gasteiger partial charge in [-0.05, 0) is 57.0 Å². The number of carbonyl (C=O) groups excluding carboxylic acids is 1. The smallest absolute Gasteiger partial charge is 0.296 e. The van der Waals surface area contributed by atoms with E-state index in [0.717, 1.165) is 57.7 Å². The van der Waals surface area contributed by atoms with E-state index in [9.17, 15) is 4.79 Å². The van der Waals surface area contributed by atoms with Crippen LogP contribution in [0.5, 0.6) is 0 Å². The molecule has 1 aromatic heterocycles. The molecule has 1 aliphatic heterocycles. The maximum atomic E-state index is 12.7. The highest BCUT2D eigenvalue weighted by molar-refractivity contribution is 8.03. The zero-order chi connectivity index (χ0) is 25.6. The van der Waals surface area contributed by atoms with Crippen LogP contribution in [0.15, 0.2) is 34.2 Å². The molecule has 0 spiro atoms. The zero-order valence-corrected chi connectivity index (χ0v) is 23.3. The first kappa shape index (κ1) is 27.2. The minimum absolute atomic E-state index is 0.0152. The third-order valence-electron chi connectivity index (χ3n) is 6.15. The lowest BCUT2D eigenvalue weighted by atomic mass is 10.2. The summed E-state index contributed by atoms with van der Waals surface area (Å²) < 4.78 is 3.19. The molecule has 0 radical (unpaired) electrons. The summed E-state index contributed by atoms with van der Waals surface area (Å²) in [5, 5.41) is 7.54. The molecule has 7 nitrogen and oxygen atoms in total. The van der Waals surface area contributed by atoms with Crippen LogP contribution in [0, 0.1) is 13.8 Å². The Balaban J connectivity index is 1.49. The van der Waals surface area contributed by atoms with Crippen molar-refractivity contribution >= 4 is 29.4 Å². The Morgan fingerprint density at radius 3 is 2.63 bits per heavy atom. The van der Waals surface area contributed by atoms with Crippen molar-refractivity contribution in [1.82, 2.24) is 15.2 Å². The molecule has 0 unspecified atom stereocenters. The lowest BCUT2D eigenvalue weighted by Gasteiger charge is -2.25. The van der Waals surface area contributed by atoms with Gasteiger partial charge in [-0.1, -0.05) is 11.8 Å². The Labute approximate surface area is 215 Å². The highest BCUT2D eigenvalue weighted by atomic mass is 32.2. The monoisotopic (exact) mass is 498 g/mol. The van der Waals surface area contributed by atoms with Gasteiger partial charge in [0.2, 0.25) is 0 Å². The molecule has 0 atom stereocenters. The Morgan fingerprint density at radius 2 is 1.94 bits per heavy atom. The second-order valence-electron chi connectivity index (χ2n) is 10.3. The normalized spacial score (nSPS) is 14.3. The van der Waals surface area contributed by atoms with Gasteiger partial charge in [-0.25, -0.2) is 4.57 Å². The van der Waals surface area contributed by atoms with Crippen molar-refractivity contribution in [3.63, 3.8) is 0 Å². The molecule has 0 fully saturated rings. The molecule has 0 aliphatic carbocycles. The third-order valence-corrected chi connectivity index (χ3v) is 7.15. The third kappa shape index (κ3) is 8.05. The standard InChI is InChI=1S/C27H40N6OS/c1-8-32-20(2)17-23(29-21(32)3)19-26-30-24-12-11-22(18-25(24)35-26)27(34)28-13-9-14-31(4)15-10-16-33(5,6)7/h11-12,17-19H,8-10,13-16H2,1-7H3/p+2. The summed E-state index contributed by atoms with van der Waals surface area (Å²) in [6, 6.07) is 7.95. The molecular formula is C27H42N6OS+2. The van der Waals surface area contributed by atoms with E-state index in [1.165, 1.54) is 18.7 Å². The van der Waals surface area contributed by atoms with Crippen LogP contribution in [-0.4, -0.2) is 74.6 Å². The van der Waals surface area contributed by atoms with E-state index >= 15 is 0 Å². The van der Waals surface area contributed by atoms with Crippen molar-refractivity contribution in [2.75, 3.05) is 59.7 Å². The molecule has 2 aromatic rings. The molecule has 3 rings (SSSR count). The van der Waals surface area contributed by atoms with Crippen molar-refractivity contribution in [3.8, 4) is 0 Å². The fourth-order valence-corrected chi connectivity index (χ4v) is 5.28. The van der Waals surface area contributed by atoms with Crippen LogP contribution in [0.2, 0.25) is 0 Å². The molecule has 8 heteroatoms. The van der Waals surface area contributed by atoms with Crippen LogP contribution in [0.25, 0.3) is 6.08 Å². The van der Waals surface area contributed by atoms with Gasteiger partial charge in [0.1, 0.15) is 5.69 Å². The predicted octanol–water partition coefficient (Wildman–Crippen LogP) is 3.67. The highest BCUT2D eigenvalue weighted by Gasteiger charge is 2.20. The molecular weight excluding hydrogens is 456 g/mol. The molecule has 1 aliphatic rings. The highest BCUT2D eigenvalue weighted by Crippen LogP contribution is 2.41. The number of benzene rings is 1. The number of carbonyl (C=O) groups is 1. The molecule has 0 bridgehead atoms. The number of hydrogen-bond acceptors (Lipinski definition) is 5. The van der Waals surface area contributed by atoms with Crippen LogP contribution in [-0.2, 0) is 6.54 Å². The lowest BCUT2D eigenvalue weighted by Crippen LogP contribution is -2.40. The molecule has 1 amide bonds. The van der Waals surface area contributed by atoms with E-state index in [1.54, 1.807) is 11.8 Å². The Hall–Kier alpha value is -2.42. The number of hydrogen-bond donors (Lipinski definition) is 2. The number of quaternary nitrogens is 1. The van der Waals surface area contributed by atoms with Gasteiger partial charge in [0, 0.05) is 49.0 Å². The van der Waals surface area contributed by atoms with E-state index < -0.39 is 0 Å². The molecule has 2 heterocycles. The fraction of sp³-hybridized carbons (Fsp3) is 0.519. The summed E-state index contributed by atoms with van der Waals surface area (Å²) in [6.45, 7) is 11.1. The molecule has 190 valence electrons. The minimum atomic E-state index is -0.0152. The SMILES string of the molecule is CC[n+]1c(C)cc(/C=C2\Nc3ccc(C(=O)NCCCN(C)CCC[N+](C)(C)C)cc3S2)nc1C. The largest absolute Gasteiger partial charge is 0.352 e. The van der Waals surface area contributed by atoms with Crippen LogP contribution in [0.1, 0.15) is 47.3 Å². The number of aromatic nitrogens is 2. The summed E-state index contributed by atoms with van der Waals surface area (Å²) in [4.78, 5) is 20.8. The van der Waals surface area contributed by atoms with E-state index in [1.807, 2.05) is 25.1 Å². The Kier molecular flexibility index (Phi) is 9.33. The second-order valence-corrected chi connectivity index (χ2v) is 11.4. The van der Waals surface area contributed by atoms with Gasteiger partial charge < -0.3 is 20.0 Å². The van der Waals surface area contributed by atoms with Gasteiger partial charge >= 0.3 is 0 Å². The second kappa shape index (κ2) is 12.0.